The predicted octanol–water partition coefficient (Wildman–Crippen LogP) is 4.88. The number of thiophene rings is 1. The normalized spacial score (nSPS) is 18.5. The molecule has 3 heterocycles. The van der Waals surface area contributed by atoms with Gasteiger partial charge in [-0.1, -0.05) is 37.2 Å². The lowest BCUT2D eigenvalue weighted by Crippen LogP contribution is -2.42. The molecule has 0 spiro atoms. The summed E-state index contributed by atoms with van der Waals surface area (Å²) in [5.74, 6) is 1.90. The topological polar surface area (TPSA) is 88.3 Å². The Labute approximate surface area is 191 Å². The summed E-state index contributed by atoms with van der Waals surface area (Å²) in [6.45, 7) is 5.86. The van der Waals surface area contributed by atoms with E-state index < -0.39 is 0 Å². The number of nitrogens with one attached hydrogen (secondary N) is 1. The summed E-state index contributed by atoms with van der Waals surface area (Å²) in [6, 6.07) is 11.1. The van der Waals surface area contributed by atoms with Gasteiger partial charge in [0.2, 0.25) is 17.6 Å². The Hall–Kier alpha value is -3.00. The van der Waals surface area contributed by atoms with Crippen LogP contribution in [-0.4, -0.2) is 39.9 Å². The largest absolute Gasteiger partial charge is 0.339 e. The number of carbonyl (C=O) groups excluding carboxylic acids is 2. The summed E-state index contributed by atoms with van der Waals surface area (Å²) in [4.78, 5) is 32.9. The zero-order valence-electron chi connectivity index (χ0n) is 18.4. The van der Waals surface area contributed by atoms with E-state index in [-0.39, 0.29) is 11.8 Å². The standard InChI is InChI=1S/C24H28N4O3S/c1-16-13-17(2)15-28(14-16)24(30)18-7-3-4-8-19(18)25-21(29)10-5-11-22-26-23(27-31-22)20-9-6-12-32-20/h3-4,6-9,12,16-17H,5,10-11,13-15H2,1-2H3,(H,25,29). The van der Waals surface area contributed by atoms with E-state index in [0.717, 1.165) is 24.4 Å². The second-order valence-electron chi connectivity index (χ2n) is 8.59. The SMILES string of the molecule is CC1CC(C)CN(C(=O)c2ccccc2NC(=O)CCCc2nc(-c3cccs3)no2)C1. The molecule has 4 rings (SSSR count). The summed E-state index contributed by atoms with van der Waals surface area (Å²) in [6.07, 6.45) is 2.54. The van der Waals surface area contributed by atoms with Gasteiger partial charge in [-0.15, -0.1) is 11.3 Å². The number of hydrogen-bond donors (Lipinski definition) is 1. The van der Waals surface area contributed by atoms with Crippen LogP contribution in [0.3, 0.4) is 0 Å². The van der Waals surface area contributed by atoms with Gasteiger partial charge in [0.15, 0.2) is 0 Å². The van der Waals surface area contributed by atoms with Crippen LogP contribution in [0.15, 0.2) is 46.3 Å². The number of rotatable bonds is 7. The molecule has 1 aliphatic heterocycles. The zero-order valence-corrected chi connectivity index (χ0v) is 19.2. The molecule has 2 unspecified atom stereocenters. The van der Waals surface area contributed by atoms with Gasteiger partial charge in [-0.3, -0.25) is 9.59 Å². The Bertz CT molecular complexity index is 1050. The minimum Gasteiger partial charge on any atom is -0.339 e. The molecule has 1 aromatic carbocycles. The van der Waals surface area contributed by atoms with Gasteiger partial charge in [0.05, 0.1) is 16.1 Å². The van der Waals surface area contributed by atoms with Gasteiger partial charge in [-0.2, -0.15) is 4.98 Å². The first-order chi connectivity index (χ1) is 15.5. The van der Waals surface area contributed by atoms with Crippen molar-refractivity contribution >= 4 is 28.8 Å². The molecule has 0 aliphatic carbocycles. The number of hydrogen-bond acceptors (Lipinski definition) is 6. The van der Waals surface area contributed by atoms with E-state index >= 15 is 0 Å². The van der Waals surface area contributed by atoms with E-state index in [0.29, 0.717) is 54.1 Å². The minimum atomic E-state index is -0.136. The lowest BCUT2D eigenvalue weighted by molar-refractivity contribution is -0.116. The third-order valence-corrected chi connectivity index (χ3v) is 6.46. The molecule has 0 saturated carbocycles. The van der Waals surface area contributed by atoms with Crippen LogP contribution in [0, 0.1) is 11.8 Å². The predicted molar refractivity (Wildman–Crippen MR) is 124 cm³/mol. The molecule has 168 valence electrons. The van der Waals surface area contributed by atoms with Crippen molar-refractivity contribution < 1.29 is 14.1 Å². The summed E-state index contributed by atoms with van der Waals surface area (Å²) in [7, 11) is 0. The van der Waals surface area contributed by atoms with Crippen molar-refractivity contribution in [3.63, 3.8) is 0 Å². The average Bonchev–Trinajstić information content (AvgIpc) is 3.45. The lowest BCUT2D eigenvalue weighted by Gasteiger charge is -2.35. The molecule has 0 bridgehead atoms. The molecule has 2 aromatic heterocycles. The highest BCUT2D eigenvalue weighted by molar-refractivity contribution is 7.13. The van der Waals surface area contributed by atoms with Gasteiger partial charge in [0.25, 0.3) is 5.91 Å². The summed E-state index contributed by atoms with van der Waals surface area (Å²) < 4.78 is 5.29. The molecular weight excluding hydrogens is 424 g/mol. The maximum atomic E-state index is 13.1. The fourth-order valence-electron chi connectivity index (χ4n) is 4.25. The minimum absolute atomic E-state index is 0.0220. The average molecular weight is 453 g/mol. The maximum Gasteiger partial charge on any atom is 0.255 e. The second-order valence-corrected chi connectivity index (χ2v) is 9.54. The van der Waals surface area contributed by atoms with Crippen LogP contribution >= 0.6 is 11.3 Å². The molecule has 1 fully saturated rings. The summed E-state index contributed by atoms with van der Waals surface area (Å²) in [5.41, 5.74) is 1.10. The smallest absolute Gasteiger partial charge is 0.255 e. The maximum absolute atomic E-state index is 13.1. The fraction of sp³-hybridized carbons (Fsp3) is 0.417. The number of aromatic nitrogens is 2. The highest BCUT2D eigenvalue weighted by Gasteiger charge is 2.27. The summed E-state index contributed by atoms with van der Waals surface area (Å²) >= 11 is 1.55. The summed E-state index contributed by atoms with van der Waals surface area (Å²) in [5, 5.41) is 8.87. The van der Waals surface area contributed by atoms with Crippen molar-refractivity contribution in [2.24, 2.45) is 11.8 Å². The number of para-hydroxylation sites is 1. The molecule has 32 heavy (non-hydrogen) atoms. The molecule has 1 aliphatic rings. The van der Waals surface area contributed by atoms with E-state index in [4.69, 9.17) is 4.52 Å². The van der Waals surface area contributed by atoms with E-state index in [2.05, 4.69) is 29.3 Å². The molecule has 2 atom stereocenters. The molecule has 1 saturated heterocycles. The number of amides is 2. The highest BCUT2D eigenvalue weighted by atomic mass is 32.1. The van der Waals surface area contributed by atoms with Crippen molar-refractivity contribution in [1.29, 1.82) is 0 Å². The molecule has 0 radical (unpaired) electrons. The molecule has 8 heteroatoms. The van der Waals surface area contributed by atoms with E-state index in [1.165, 1.54) is 0 Å². The van der Waals surface area contributed by atoms with Crippen molar-refractivity contribution in [3.8, 4) is 10.7 Å². The van der Waals surface area contributed by atoms with Crippen LogP contribution in [0.2, 0.25) is 0 Å². The number of carbonyl (C=O) groups is 2. The van der Waals surface area contributed by atoms with Crippen molar-refractivity contribution in [3.05, 3.63) is 53.2 Å². The van der Waals surface area contributed by atoms with Gasteiger partial charge in [0, 0.05) is 25.9 Å². The van der Waals surface area contributed by atoms with Crippen LogP contribution in [0.1, 0.15) is 49.4 Å². The van der Waals surface area contributed by atoms with Crippen LogP contribution in [0.5, 0.6) is 0 Å². The first-order valence-electron chi connectivity index (χ1n) is 11.0. The first kappa shape index (κ1) is 22.2. The number of piperidine rings is 1. The zero-order chi connectivity index (χ0) is 22.5. The van der Waals surface area contributed by atoms with Crippen molar-refractivity contribution in [1.82, 2.24) is 15.0 Å². The van der Waals surface area contributed by atoms with Crippen LogP contribution in [0.4, 0.5) is 5.69 Å². The molecular formula is C24H28N4O3S. The van der Waals surface area contributed by atoms with Crippen molar-refractivity contribution in [2.75, 3.05) is 18.4 Å². The van der Waals surface area contributed by atoms with E-state index in [1.54, 1.807) is 23.5 Å². The number of likely N-dealkylation sites (tertiary alicyclic amines) is 1. The Morgan fingerprint density at radius 1 is 1.16 bits per heavy atom. The number of anilines is 1. The molecule has 7 nitrogen and oxygen atoms in total. The number of nitrogens with zero attached hydrogens (tertiary/aromatic N) is 3. The first-order valence-corrected chi connectivity index (χ1v) is 11.9. The van der Waals surface area contributed by atoms with Crippen LogP contribution in [0.25, 0.3) is 10.7 Å². The highest BCUT2D eigenvalue weighted by Crippen LogP contribution is 2.25. The van der Waals surface area contributed by atoms with E-state index in [1.807, 2.05) is 34.5 Å². The molecule has 3 aromatic rings. The third-order valence-electron chi connectivity index (χ3n) is 5.59. The Kier molecular flexibility index (Phi) is 6.99. The van der Waals surface area contributed by atoms with Crippen LogP contribution < -0.4 is 5.32 Å². The Morgan fingerprint density at radius 2 is 1.94 bits per heavy atom. The van der Waals surface area contributed by atoms with Gasteiger partial charge in [-0.25, -0.2) is 0 Å². The number of aryl methyl sites for hydroxylation is 1. The Morgan fingerprint density at radius 3 is 2.69 bits per heavy atom. The monoisotopic (exact) mass is 452 g/mol. The van der Waals surface area contributed by atoms with Gasteiger partial charge < -0.3 is 14.7 Å². The fourth-order valence-corrected chi connectivity index (χ4v) is 4.90. The van der Waals surface area contributed by atoms with Crippen molar-refractivity contribution in [2.45, 2.75) is 39.5 Å². The number of benzene rings is 1. The Balaban J connectivity index is 1.32. The molecule has 1 N–H and O–H groups in total. The van der Waals surface area contributed by atoms with Gasteiger partial charge >= 0.3 is 0 Å². The third kappa shape index (κ3) is 5.43. The van der Waals surface area contributed by atoms with Gasteiger partial charge in [0.1, 0.15) is 0 Å². The lowest BCUT2D eigenvalue weighted by atomic mass is 9.91. The van der Waals surface area contributed by atoms with Crippen LogP contribution in [-0.2, 0) is 11.2 Å². The molecule has 2 amide bonds. The van der Waals surface area contributed by atoms with E-state index in [9.17, 15) is 9.59 Å². The van der Waals surface area contributed by atoms with Gasteiger partial charge in [-0.05, 0) is 48.3 Å². The quantitative estimate of drug-likeness (QED) is 0.552. The second kappa shape index (κ2) is 10.1.